The molecule has 1 atom stereocenters. The quantitative estimate of drug-likeness (QED) is 0.410. The van der Waals surface area contributed by atoms with Crippen LogP contribution in [-0.2, 0) is 4.79 Å². The van der Waals surface area contributed by atoms with Gasteiger partial charge in [0, 0.05) is 24.0 Å². The fraction of sp³-hybridized carbons (Fsp3) is 0.136. The third-order valence-corrected chi connectivity index (χ3v) is 4.91. The van der Waals surface area contributed by atoms with Crippen LogP contribution in [0.3, 0.4) is 0 Å². The van der Waals surface area contributed by atoms with Crippen molar-refractivity contribution in [3.8, 4) is 17.1 Å². The van der Waals surface area contributed by atoms with Crippen LogP contribution in [-0.4, -0.2) is 20.3 Å². The van der Waals surface area contributed by atoms with Crippen LogP contribution in [0.2, 0.25) is 0 Å². The monoisotopic (exact) mass is 389 g/mol. The third kappa shape index (κ3) is 3.51. The number of esters is 1. The van der Waals surface area contributed by atoms with Crippen LogP contribution >= 0.6 is 12.6 Å². The summed E-state index contributed by atoms with van der Waals surface area (Å²) in [5.74, 6) is -0.257. The summed E-state index contributed by atoms with van der Waals surface area (Å²) >= 11 is 4.60. The van der Waals surface area contributed by atoms with E-state index in [1.807, 2.05) is 60.8 Å². The number of carbonyl (C=O) groups excluding carboxylic acids is 1. The molecular weight excluding hydrogens is 370 g/mol. The number of imidazole rings is 1. The highest BCUT2D eigenvalue weighted by atomic mass is 32.1. The number of thiol groups is 1. The van der Waals surface area contributed by atoms with Crippen molar-refractivity contribution in [3.05, 3.63) is 83.8 Å². The number of benzene rings is 1. The molecule has 0 aliphatic rings. The Balaban J connectivity index is 1.81. The van der Waals surface area contributed by atoms with Gasteiger partial charge in [0.05, 0.1) is 11.4 Å². The zero-order valence-electron chi connectivity index (χ0n) is 15.5. The van der Waals surface area contributed by atoms with Crippen molar-refractivity contribution in [2.75, 3.05) is 0 Å². The highest BCUT2D eigenvalue weighted by molar-refractivity contribution is 7.81. The Bertz CT molecular complexity index is 1140. The number of hydrogen-bond donors (Lipinski definition) is 1. The average molecular weight is 389 g/mol. The van der Waals surface area contributed by atoms with Crippen molar-refractivity contribution in [2.24, 2.45) is 0 Å². The summed E-state index contributed by atoms with van der Waals surface area (Å²) in [7, 11) is 0. The normalized spacial score (nSPS) is 12.1. The third-order valence-electron chi connectivity index (χ3n) is 4.45. The number of nitrogens with zero attached hydrogens (tertiary/aromatic N) is 3. The van der Waals surface area contributed by atoms with Gasteiger partial charge < -0.3 is 9.14 Å². The molecule has 0 fully saturated rings. The summed E-state index contributed by atoms with van der Waals surface area (Å²) in [6.45, 7) is 4.03. The first-order valence-electron chi connectivity index (χ1n) is 8.89. The lowest BCUT2D eigenvalue weighted by Gasteiger charge is -2.13. The minimum absolute atomic E-state index is 0.244. The fourth-order valence-corrected chi connectivity index (χ4v) is 3.33. The second-order valence-electron chi connectivity index (χ2n) is 6.64. The first kappa shape index (κ1) is 18.3. The van der Waals surface area contributed by atoms with E-state index in [9.17, 15) is 4.79 Å². The molecule has 0 N–H and O–H groups in total. The standard InChI is InChI=1S/C22H19N3O2S/c1-14-6-9-16(10-7-14)19-20(25-13-15(2)8-11-17(25)24-19)21(28)22(26)27-18-5-3-4-12-23-18/h3-13,21,28H,1-2H3. The molecule has 6 heteroatoms. The highest BCUT2D eigenvalue weighted by Crippen LogP contribution is 2.33. The van der Waals surface area contributed by atoms with Crippen LogP contribution in [0.15, 0.2) is 67.0 Å². The van der Waals surface area contributed by atoms with Crippen molar-refractivity contribution in [1.82, 2.24) is 14.4 Å². The Morgan fingerprint density at radius 2 is 1.79 bits per heavy atom. The molecule has 4 rings (SSSR count). The topological polar surface area (TPSA) is 56.5 Å². The SMILES string of the molecule is Cc1ccc(-c2nc3ccc(C)cn3c2C(S)C(=O)Oc2ccccn2)cc1. The van der Waals surface area contributed by atoms with Crippen molar-refractivity contribution in [2.45, 2.75) is 19.1 Å². The zero-order valence-corrected chi connectivity index (χ0v) is 16.4. The summed E-state index contributed by atoms with van der Waals surface area (Å²) in [6.07, 6.45) is 3.53. The van der Waals surface area contributed by atoms with Crippen molar-refractivity contribution >= 4 is 24.2 Å². The van der Waals surface area contributed by atoms with Crippen LogP contribution in [0.5, 0.6) is 5.88 Å². The summed E-state index contributed by atoms with van der Waals surface area (Å²) in [4.78, 5) is 21.6. The molecule has 5 nitrogen and oxygen atoms in total. The van der Waals surface area contributed by atoms with Gasteiger partial charge in [-0.05, 0) is 31.5 Å². The second-order valence-corrected chi connectivity index (χ2v) is 7.15. The van der Waals surface area contributed by atoms with Gasteiger partial charge in [-0.3, -0.25) is 0 Å². The zero-order chi connectivity index (χ0) is 19.7. The maximum Gasteiger partial charge on any atom is 0.331 e. The van der Waals surface area contributed by atoms with Crippen molar-refractivity contribution in [1.29, 1.82) is 0 Å². The molecule has 4 aromatic rings. The predicted octanol–water partition coefficient (Wildman–Crippen LogP) is 4.59. The first-order chi connectivity index (χ1) is 13.5. The number of pyridine rings is 2. The van der Waals surface area contributed by atoms with Gasteiger partial charge in [0.2, 0.25) is 5.88 Å². The minimum Gasteiger partial charge on any atom is -0.406 e. The van der Waals surface area contributed by atoms with E-state index in [0.717, 1.165) is 22.3 Å². The molecule has 0 saturated heterocycles. The number of aromatic nitrogens is 3. The van der Waals surface area contributed by atoms with Gasteiger partial charge in [0.15, 0.2) is 0 Å². The number of ether oxygens (including phenoxy) is 1. The van der Waals surface area contributed by atoms with Crippen LogP contribution < -0.4 is 4.74 Å². The Hall–Kier alpha value is -3.12. The number of hydrogen-bond acceptors (Lipinski definition) is 5. The van der Waals surface area contributed by atoms with Crippen LogP contribution in [0, 0.1) is 13.8 Å². The molecule has 1 unspecified atom stereocenters. The lowest BCUT2D eigenvalue weighted by Crippen LogP contribution is -2.17. The van der Waals surface area contributed by atoms with Gasteiger partial charge in [-0.1, -0.05) is 42.0 Å². The van der Waals surface area contributed by atoms with E-state index in [2.05, 4.69) is 17.6 Å². The molecule has 0 radical (unpaired) electrons. The van der Waals surface area contributed by atoms with Crippen LogP contribution in [0.4, 0.5) is 0 Å². The molecule has 3 aromatic heterocycles. The maximum atomic E-state index is 12.8. The van der Waals surface area contributed by atoms with Crippen molar-refractivity contribution in [3.63, 3.8) is 0 Å². The van der Waals surface area contributed by atoms with Gasteiger partial charge in [-0.15, -0.1) is 0 Å². The molecular formula is C22H19N3O2S. The first-order valence-corrected chi connectivity index (χ1v) is 9.41. The molecule has 3 heterocycles. The molecule has 28 heavy (non-hydrogen) atoms. The van der Waals surface area contributed by atoms with Crippen LogP contribution in [0.25, 0.3) is 16.9 Å². The van der Waals surface area contributed by atoms with E-state index in [4.69, 9.17) is 9.72 Å². The second kappa shape index (κ2) is 7.48. The van der Waals surface area contributed by atoms with E-state index < -0.39 is 11.2 Å². The maximum absolute atomic E-state index is 12.8. The Morgan fingerprint density at radius 1 is 1.04 bits per heavy atom. The summed E-state index contributed by atoms with van der Waals surface area (Å²) in [5, 5.41) is -0.824. The van der Waals surface area contributed by atoms with Gasteiger partial charge in [-0.25, -0.2) is 14.8 Å². The van der Waals surface area contributed by atoms with E-state index in [1.165, 1.54) is 0 Å². The fourth-order valence-electron chi connectivity index (χ4n) is 3.03. The molecule has 0 amide bonds. The van der Waals surface area contributed by atoms with E-state index in [1.54, 1.807) is 24.4 Å². The molecule has 0 aliphatic heterocycles. The summed E-state index contributed by atoms with van der Waals surface area (Å²) in [6, 6.07) is 17.1. The van der Waals surface area contributed by atoms with Gasteiger partial charge in [0.1, 0.15) is 10.9 Å². The predicted molar refractivity (Wildman–Crippen MR) is 112 cm³/mol. The molecule has 0 spiro atoms. The highest BCUT2D eigenvalue weighted by Gasteiger charge is 2.27. The molecule has 0 aliphatic carbocycles. The Morgan fingerprint density at radius 3 is 2.50 bits per heavy atom. The van der Waals surface area contributed by atoms with E-state index in [0.29, 0.717) is 11.4 Å². The molecule has 1 aromatic carbocycles. The van der Waals surface area contributed by atoms with Crippen LogP contribution in [0.1, 0.15) is 22.1 Å². The van der Waals surface area contributed by atoms with E-state index in [-0.39, 0.29) is 5.88 Å². The van der Waals surface area contributed by atoms with Gasteiger partial charge in [0.25, 0.3) is 0 Å². The number of aryl methyl sites for hydroxylation is 2. The lowest BCUT2D eigenvalue weighted by molar-refractivity contribution is -0.134. The Kier molecular flexibility index (Phi) is 4.88. The summed E-state index contributed by atoms with van der Waals surface area (Å²) < 4.78 is 7.33. The van der Waals surface area contributed by atoms with E-state index >= 15 is 0 Å². The Labute approximate surface area is 168 Å². The number of fused-ring (bicyclic) bond motifs is 1. The molecule has 0 bridgehead atoms. The largest absolute Gasteiger partial charge is 0.406 e. The summed E-state index contributed by atoms with van der Waals surface area (Å²) in [5.41, 5.74) is 5.27. The smallest absolute Gasteiger partial charge is 0.331 e. The molecule has 0 saturated carbocycles. The minimum atomic E-state index is -0.824. The number of rotatable bonds is 4. The van der Waals surface area contributed by atoms with Gasteiger partial charge >= 0.3 is 5.97 Å². The van der Waals surface area contributed by atoms with Gasteiger partial charge in [-0.2, -0.15) is 12.6 Å². The number of carbonyl (C=O) groups is 1. The molecule has 140 valence electrons. The average Bonchev–Trinajstić information content (AvgIpc) is 3.07. The lowest BCUT2D eigenvalue weighted by atomic mass is 10.1. The van der Waals surface area contributed by atoms with Crippen molar-refractivity contribution < 1.29 is 9.53 Å².